The van der Waals surface area contributed by atoms with Gasteiger partial charge in [0.05, 0.1) is 24.7 Å². The van der Waals surface area contributed by atoms with Crippen molar-refractivity contribution in [3.8, 4) is 0 Å². The first-order valence-corrected chi connectivity index (χ1v) is 10.6. The third kappa shape index (κ3) is 5.45. The summed E-state index contributed by atoms with van der Waals surface area (Å²) < 4.78 is 11.8. The highest BCUT2D eigenvalue weighted by atomic mass is 16.5. The number of carbonyl (C=O) groups is 2. The van der Waals surface area contributed by atoms with Gasteiger partial charge in [-0.2, -0.15) is 0 Å². The van der Waals surface area contributed by atoms with E-state index in [4.69, 9.17) is 9.47 Å². The summed E-state index contributed by atoms with van der Waals surface area (Å²) >= 11 is 0. The molecule has 8 nitrogen and oxygen atoms in total. The topological polar surface area (TPSA) is 94.5 Å². The smallest absolute Gasteiger partial charge is 0.356 e. The number of hydrogen-bond acceptors (Lipinski definition) is 6. The number of esters is 1. The Morgan fingerprint density at radius 3 is 2.56 bits per heavy atom. The van der Waals surface area contributed by atoms with Crippen LogP contribution in [0, 0.1) is 5.92 Å². The summed E-state index contributed by atoms with van der Waals surface area (Å²) in [6.45, 7) is 5.30. The van der Waals surface area contributed by atoms with Crippen molar-refractivity contribution in [3.63, 3.8) is 0 Å². The fourth-order valence-electron chi connectivity index (χ4n) is 3.47. The van der Waals surface area contributed by atoms with Crippen molar-refractivity contribution >= 4 is 34.3 Å². The molecule has 3 rings (SSSR count). The zero-order valence-electron chi connectivity index (χ0n) is 19.0. The molecule has 8 heteroatoms. The van der Waals surface area contributed by atoms with E-state index in [0.717, 1.165) is 17.7 Å². The molecule has 170 valence electrons. The molecule has 1 aromatic carbocycles. The monoisotopic (exact) mass is 438 g/mol. The van der Waals surface area contributed by atoms with Gasteiger partial charge in [-0.3, -0.25) is 4.79 Å². The van der Waals surface area contributed by atoms with Crippen LogP contribution in [0.5, 0.6) is 0 Å². The maximum atomic E-state index is 12.7. The van der Waals surface area contributed by atoms with Crippen LogP contribution in [-0.2, 0) is 27.4 Å². The van der Waals surface area contributed by atoms with Crippen LogP contribution >= 0.6 is 0 Å². The number of aromatic nitrogens is 2. The van der Waals surface area contributed by atoms with Crippen molar-refractivity contribution in [3.05, 3.63) is 53.9 Å². The molecule has 0 radical (unpaired) electrons. The van der Waals surface area contributed by atoms with Crippen molar-refractivity contribution in [1.82, 2.24) is 9.55 Å². The lowest BCUT2D eigenvalue weighted by Gasteiger charge is -2.12. The van der Waals surface area contributed by atoms with Gasteiger partial charge in [0.15, 0.2) is 5.69 Å². The molecule has 0 saturated heterocycles. The second-order valence-corrected chi connectivity index (χ2v) is 7.96. The Kier molecular flexibility index (Phi) is 7.83. The molecular formula is C24H30N4O4. The number of aryl methyl sites for hydroxylation is 1. The molecule has 0 spiro atoms. The van der Waals surface area contributed by atoms with E-state index in [1.165, 1.54) is 14.2 Å². The SMILES string of the molecule is COCC(=O)Nc1c(C(=O)OC)n(CCC(C)C)c2ncc(NCc3ccccc3)cc12. The van der Waals surface area contributed by atoms with Crippen LogP contribution in [0.4, 0.5) is 11.4 Å². The Morgan fingerprint density at radius 1 is 1.16 bits per heavy atom. The van der Waals surface area contributed by atoms with E-state index < -0.39 is 5.97 Å². The van der Waals surface area contributed by atoms with Gasteiger partial charge in [0.1, 0.15) is 12.3 Å². The molecule has 1 amide bonds. The summed E-state index contributed by atoms with van der Waals surface area (Å²) in [5.41, 5.74) is 3.19. The number of nitrogens with one attached hydrogen (secondary N) is 2. The molecular weight excluding hydrogens is 408 g/mol. The fourth-order valence-corrected chi connectivity index (χ4v) is 3.47. The van der Waals surface area contributed by atoms with Gasteiger partial charge in [0, 0.05) is 25.6 Å². The average Bonchev–Trinajstić information content (AvgIpc) is 3.09. The molecule has 2 N–H and O–H groups in total. The highest BCUT2D eigenvalue weighted by Gasteiger charge is 2.26. The first kappa shape index (κ1) is 23.3. The quantitative estimate of drug-likeness (QED) is 0.464. The predicted octanol–water partition coefficient (Wildman–Crippen LogP) is 4.07. The van der Waals surface area contributed by atoms with Gasteiger partial charge >= 0.3 is 5.97 Å². The Balaban J connectivity index is 2.06. The molecule has 0 bridgehead atoms. The second kappa shape index (κ2) is 10.8. The van der Waals surface area contributed by atoms with Gasteiger partial charge in [-0.05, 0) is 24.0 Å². The first-order chi connectivity index (χ1) is 15.4. The van der Waals surface area contributed by atoms with Crippen molar-refractivity contribution in [2.75, 3.05) is 31.5 Å². The number of rotatable bonds is 10. The number of amides is 1. The van der Waals surface area contributed by atoms with Crippen LogP contribution in [0.1, 0.15) is 36.3 Å². The number of pyridine rings is 1. The normalized spacial score (nSPS) is 11.0. The molecule has 32 heavy (non-hydrogen) atoms. The molecule has 0 fully saturated rings. The molecule has 0 aliphatic heterocycles. The molecule has 0 unspecified atom stereocenters. The number of nitrogens with zero attached hydrogens (tertiary/aromatic N) is 2. The predicted molar refractivity (Wildman–Crippen MR) is 125 cm³/mol. The van der Waals surface area contributed by atoms with Crippen molar-refractivity contribution < 1.29 is 19.1 Å². The molecule has 2 heterocycles. The number of hydrogen-bond donors (Lipinski definition) is 2. The van der Waals surface area contributed by atoms with Gasteiger partial charge in [-0.15, -0.1) is 0 Å². The van der Waals surface area contributed by atoms with E-state index in [9.17, 15) is 9.59 Å². The van der Waals surface area contributed by atoms with Crippen molar-refractivity contribution in [2.24, 2.45) is 5.92 Å². The number of methoxy groups -OCH3 is 2. The fraction of sp³-hybridized carbons (Fsp3) is 0.375. The third-order valence-corrected chi connectivity index (χ3v) is 5.09. The number of benzene rings is 1. The van der Waals surface area contributed by atoms with Gasteiger partial charge in [0.25, 0.3) is 0 Å². The lowest BCUT2D eigenvalue weighted by Crippen LogP contribution is -2.20. The van der Waals surface area contributed by atoms with Gasteiger partial charge < -0.3 is 24.7 Å². The van der Waals surface area contributed by atoms with Crippen molar-refractivity contribution in [1.29, 1.82) is 0 Å². The lowest BCUT2D eigenvalue weighted by molar-refractivity contribution is -0.119. The van der Waals surface area contributed by atoms with Crippen LogP contribution in [-0.4, -0.2) is 42.3 Å². The number of carbonyl (C=O) groups excluding carboxylic acids is 2. The summed E-state index contributed by atoms with van der Waals surface area (Å²) in [6.07, 6.45) is 2.58. The van der Waals surface area contributed by atoms with Crippen molar-refractivity contribution in [2.45, 2.75) is 33.4 Å². The molecule has 0 aliphatic carbocycles. The minimum atomic E-state index is -0.529. The Hall–Kier alpha value is -3.39. The van der Waals surface area contributed by atoms with E-state index in [0.29, 0.717) is 35.7 Å². The zero-order chi connectivity index (χ0) is 23.1. The summed E-state index contributed by atoms with van der Waals surface area (Å²) in [4.78, 5) is 29.7. The Morgan fingerprint density at radius 2 is 1.91 bits per heavy atom. The lowest BCUT2D eigenvalue weighted by atomic mass is 10.1. The third-order valence-electron chi connectivity index (χ3n) is 5.09. The molecule has 3 aromatic rings. The summed E-state index contributed by atoms with van der Waals surface area (Å²) in [7, 11) is 2.77. The van der Waals surface area contributed by atoms with E-state index in [-0.39, 0.29) is 18.2 Å². The molecule has 0 aliphatic rings. The maximum absolute atomic E-state index is 12.7. The number of anilines is 2. The van der Waals surface area contributed by atoms with Crippen LogP contribution < -0.4 is 10.6 Å². The highest BCUT2D eigenvalue weighted by Crippen LogP contribution is 2.33. The molecule has 0 saturated carbocycles. The van der Waals surface area contributed by atoms with Gasteiger partial charge in [-0.25, -0.2) is 9.78 Å². The van der Waals surface area contributed by atoms with E-state index in [1.807, 2.05) is 41.0 Å². The van der Waals surface area contributed by atoms with Crippen LogP contribution in [0.25, 0.3) is 11.0 Å². The van der Waals surface area contributed by atoms with E-state index >= 15 is 0 Å². The van der Waals surface area contributed by atoms with E-state index in [2.05, 4.69) is 29.5 Å². The Labute approximate surface area is 187 Å². The minimum Gasteiger partial charge on any atom is -0.464 e. The van der Waals surface area contributed by atoms with Crippen LogP contribution in [0.3, 0.4) is 0 Å². The summed E-state index contributed by atoms with van der Waals surface area (Å²) in [6, 6.07) is 11.9. The van der Waals surface area contributed by atoms with Gasteiger partial charge in [0.2, 0.25) is 5.91 Å². The standard InChI is InChI=1S/C24H30N4O4/c1-16(2)10-11-28-22(24(30)32-4)21(27-20(29)15-31-3)19-12-18(14-26-23(19)28)25-13-17-8-6-5-7-9-17/h5-9,12,14,16,25H,10-11,13,15H2,1-4H3,(H,27,29). The molecule has 2 aromatic heterocycles. The second-order valence-electron chi connectivity index (χ2n) is 7.96. The maximum Gasteiger partial charge on any atom is 0.356 e. The van der Waals surface area contributed by atoms with Crippen LogP contribution in [0.2, 0.25) is 0 Å². The minimum absolute atomic E-state index is 0.126. The average molecular weight is 439 g/mol. The Bertz CT molecular complexity index is 1080. The zero-order valence-corrected chi connectivity index (χ0v) is 19.0. The van der Waals surface area contributed by atoms with E-state index in [1.54, 1.807) is 6.20 Å². The highest BCUT2D eigenvalue weighted by molar-refractivity contribution is 6.11. The first-order valence-electron chi connectivity index (χ1n) is 10.6. The summed E-state index contributed by atoms with van der Waals surface area (Å²) in [5, 5.41) is 6.84. The summed E-state index contributed by atoms with van der Waals surface area (Å²) in [5.74, 6) is -0.460. The number of ether oxygens (including phenoxy) is 2. The number of fused-ring (bicyclic) bond motifs is 1. The largest absolute Gasteiger partial charge is 0.464 e. The molecule has 0 atom stereocenters. The van der Waals surface area contributed by atoms with Gasteiger partial charge in [-0.1, -0.05) is 44.2 Å². The van der Waals surface area contributed by atoms with Crippen LogP contribution in [0.15, 0.2) is 42.6 Å².